The molecule has 1 atom stereocenters. The summed E-state index contributed by atoms with van der Waals surface area (Å²) in [6, 6.07) is 15.3. The number of hydrogen-bond donors (Lipinski definition) is 2. The molecule has 4 nitrogen and oxygen atoms in total. The third kappa shape index (κ3) is 3.32. The summed E-state index contributed by atoms with van der Waals surface area (Å²) in [5.41, 5.74) is 3.61. The molecule has 0 saturated carbocycles. The van der Waals surface area contributed by atoms with Gasteiger partial charge < -0.3 is 10.6 Å². The van der Waals surface area contributed by atoms with Crippen molar-refractivity contribution in [3.05, 3.63) is 59.7 Å². The van der Waals surface area contributed by atoms with Crippen LogP contribution in [0.4, 0.5) is 11.4 Å². The van der Waals surface area contributed by atoms with Crippen molar-refractivity contribution in [3.8, 4) is 0 Å². The van der Waals surface area contributed by atoms with Crippen molar-refractivity contribution < 1.29 is 9.59 Å². The summed E-state index contributed by atoms with van der Waals surface area (Å²) < 4.78 is 0. The summed E-state index contributed by atoms with van der Waals surface area (Å²) in [6.45, 7) is 6.45. The Balaban J connectivity index is 1.79. The van der Waals surface area contributed by atoms with E-state index in [1.54, 1.807) is 0 Å². The van der Waals surface area contributed by atoms with Gasteiger partial charge in [-0.15, -0.1) is 0 Å². The second-order valence-electron chi connectivity index (χ2n) is 7.21. The number of carbonyl (C=O) groups is 2. The Labute approximate surface area is 142 Å². The normalized spacial score (nSPS) is 17.0. The van der Waals surface area contributed by atoms with Crippen LogP contribution in [0.3, 0.4) is 0 Å². The molecule has 0 bridgehead atoms. The minimum absolute atomic E-state index is 0.0724. The maximum Gasteiger partial charge on any atom is 0.232 e. The highest BCUT2D eigenvalue weighted by Gasteiger charge is 2.30. The summed E-state index contributed by atoms with van der Waals surface area (Å²) in [5, 5.41) is 5.75. The summed E-state index contributed by atoms with van der Waals surface area (Å²) in [7, 11) is 0. The molecule has 0 spiro atoms. The lowest BCUT2D eigenvalue weighted by Gasteiger charge is -2.25. The maximum atomic E-state index is 12.7. The second kappa shape index (κ2) is 6.11. The Bertz CT molecular complexity index is 773. The number of nitrogens with one attached hydrogen (secondary N) is 2. The zero-order valence-electron chi connectivity index (χ0n) is 14.2. The monoisotopic (exact) mass is 322 g/mol. The van der Waals surface area contributed by atoms with Crippen LogP contribution in [-0.4, -0.2) is 11.8 Å². The molecule has 1 aliphatic rings. The smallest absolute Gasteiger partial charge is 0.232 e. The fraction of sp³-hybridized carbons (Fsp3) is 0.300. The first-order valence-electron chi connectivity index (χ1n) is 8.15. The van der Waals surface area contributed by atoms with Crippen molar-refractivity contribution in [3.63, 3.8) is 0 Å². The average molecular weight is 322 g/mol. The number of carbonyl (C=O) groups excluding carboxylic acids is 2. The van der Waals surface area contributed by atoms with Gasteiger partial charge in [0, 0.05) is 17.8 Å². The van der Waals surface area contributed by atoms with Gasteiger partial charge in [-0.1, -0.05) is 51.1 Å². The lowest BCUT2D eigenvalue weighted by molar-refractivity contribution is -0.123. The van der Waals surface area contributed by atoms with E-state index in [4.69, 9.17) is 0 Å². The van der Waals surface area contributed by atoms with Crippen LogP contribution in [0.1, 0.15) is 44.2 Å². The van der Waals surface area contributed by atoms with Gasteiger partial charge >= 0.3 is 0 Å². The van der Waals surface area contributed by atoms with Gasteiger partial charge in [-0.05, 0) is 34.7 Å². The second-order valence-corrected chi connectivity index (χ2v) is 7.21. The molecule has 1 unspecified atom stereocenters. The van der Waals surface area contributed by atoms with Gasteiger partial charge in [-0.25, -0.2) is 0 Å². The number of hydrogen-bond acceptors (Lipinski definition) is 2. The van der Waals surface area contributed by atoms with Gasteiger partial charge in [0.15, 0.2) is 0 Å². The largest absolute Gasteiger partial charge is 0.326 e. The SMILES string of the molecule is CC(C)(C)c1ccc(NC(=O)C2CC(=O)Nc3ccccc32)cc1. The van der Waals surface area contributed by atoms with E-state index in [0.717, 1.165) is 16.9 Å². The molecule has 0 aliphatic carbocycles. The standard InChI is InChI=1S/C20H22N2O2/c1-20(2,3)13-8-10-14(11-9-13)21-19(24)16-12-18(23)22-17-7-5-4-6-15(16)17/h4-11,16H,12H2,1-3H3,(H,21,24)(H,22,23). The van der Waals surface area contributed by atoms with Gasteiger partial charge in [0.1, 0.15) is 0 Å². The van der Waals surface area contributed by atoms with Crippen LogP contribution in [0.15, 0.2) is 48.5 Å². The van der Waals surface area contributed by atoms with E-state index in [9.17, 15) is 9.59 Å². The molecule has 2 aromatic carbocycles. The molecule has 124 valence electrons. The summed E-state index contributed by atoms with van der Waals surface area (Å²) in [6.07, 6.45) is 0.170. The van der Waals surface area contributed by atoms with Gasteiger partial charge in [0.05, 0.1) is 5.92 Å². The summed E-state index contributed by atoms with van der Waals surface area (Å²) >= 11 is 0. The minimum atomic E-state index is -0.461. The number of fused-ring (bicyclic) bond motifs is 1. The number of rotatable bonds is 2. The molecule has 1 heterocycles. The van der Waals surface area contributed by atoms with E-state index in [-0.39, 0.29) is 23.7 Å². The third-order valence-corrected chi connectivity index (χ3v) is 4.33. The zero-order valence-corrected chi connectivity index (χ0v) is 14.2. The molecule has 0 fully saturated rings. The van der Waals surface area contributed by atoms with Crippen LogP contribution >= 0.6 is 0 Å². The molecule has 0 aromatic heterocycles. The molecule has 2 N–H and O–H groups in total. The molecule has 1 aliphatic heterocycles. The number of amides is 2. The van der Waals surface area contributed by atoms with Crippen molar-refractivity contribution in [2.24, 2.45) is 0 Å². The molecular formula is C20H22N2O2. The Morgan fingerprint density at radius 3 is 2.42 bits per heavy atom. The summed E-state index contributed by atoms with van der Waals surface area (Å²) in [4.78, 5) is 24.5. The fourth-order valence-electron chi connectivity index (χ4n) is 2.93. The van der Waals surface area contributed by atoms with E-state index < -0.39 is 5.92 Å². The molecule has 4 heteroatoms. The predicted molar refractivity (Wildman–Crippen MR) is 96.2 cm³/mol. The van der Waals surface area contributed by atoms with E-state index in [0.29, 0.717) is 0 Å². The molecule has 0 saturated heterocycles. The quantitative estimate of drug-likeness (QED) is 0.876. The molecule has 2 aromatic rings. The van der Waals surface area contributed by atoms with Crippen molar-refractivity contribution in [2.75, 3.05) is 10.6 Å². The number of benzene rings is 2. The molecule has 3 rings (SSSR count). The number of para-hydroxylation sites is 1. The van der Waals surface area contributed by atoms with Gasteiger partial charge in [0.2, 0.25) is 11.8 Å². The fourth-order valence-corrected chi connectivity index (χ4v) is 2.93. The first kappa shape index (κ1) is 16.2. The van der Waals surface area contributed by atoms with E-state index >= 15 is 0 Å². The van der Waals surface area contributed by atoms with E-state index in [1.807, 2.05) is 48.5 Å². The first-order chi connectivity index (χ1) is 11.3. The van der Waals surface area contributed by atoms with Crippen LogP contribution in [-0.2, 0) is 15.0 Å². The van der Waals surface area contributed by atoms with Crippen LogP contribution < -0.4 is 10.6 Å². The van der Waals surface area contributed by atoms with E-state index in [2.05, 4.69) is 31.4 Å². The van der Waals surface area contributed by atoms with Gasteiger partial charge in [-0.2, -0.15) is 0 Å². The van der Waals surface area contributed by atoms with Crippen LogP contribution in [0.25, 0.3) is 0 Å². The maximum absolute atomic E-state index is 12.7. The molecule has 2 amide bonds. The van der Waals surface area contributed by atoms with Gasteiger partial charge in [0.25, 0.3) is 0 Å². The summed E-state index contributed by atoms with van der Waals surface area (Å²) in [5.74, 6) is -0.741. The Kier molecular flexibility index (Phi) is 4.14. The highest BCUT2D eigenvalue weighted by atomic mass is 16.2. The topological polar surface area (TPSA) is 58.2 Å². The molecular weight excluding hydrogens is 300 g/mol. The molecule has 24 heavy (non-hydrogen) atoms. The van der Waals surface area contributed by atoms with Gasteiger partial charge in [-0.3, -0.25) is 9.59 Å². The van der Waals surface area contributed by atoms with Crippen LogP contribution in [0.5, 0.6) is 0 Å². The molecule has 0 radical (unpaired) electrons. The highest BCUT2D eigenvalue weighted by Crippen LogP contribution is 2.33. The zero-order chi connectivity index (χ0) is 17.3. The minimum Gasteiger partial charge on any atom is -0.326 e. The Morgan fingerprint density at radius 2 is 1.75 bits per heavy atom. The van der Waals surface area contributed by atoms with Crippen molar-refractivity contribution >= 4 is 23.2 Å². The Morgan fingerprint density at radius 1 is 1.08 bits per heavy atom. The lowest BCUT2D eigenvalue weighted by Crippen LogP contribution is -2.30. The predicted octanol–water partition coefficient (Wildman–Crippen LogP) is 4.05. The van der Waals surface area contributed by atoms with Crippen molar-refractivity contribution in [1.29, 1.82) is 0 Å². The first-order valence-corrected chi connectivity index (χ1v) is 8.15. The number of anilines is 2. The highest BCUT2D eigenvalue weighted by molar-refractivity contribution is 6.05. The third-order valence-electron chi connectivity index (χ3n) is 4.33. The van der Waals surface area contributed by atoms with Crippen molar-refractivity contribution in [2.45, 2.75) is 38.5 Å². The lowest BCUT2D eigenvalue weighted by atomic mass is 9.87. The van der Waals surface area contributed by atoms with E-state index in [1.165, 1.54) is 5.56 Å². The van der Waals surface area contributed by atoms with Crippen molar-refractivity contribution in [1.82, 2.24) is 0 Å². The average Bonchev–Trinajstić information content (AvgIpc) is 2.53. The van der Waals surface area contributed by atoms with Crippen LogP contribution in [0.2, 0.25) is 0 Å². The Hall–Kier alpha value is -2.62. The van der Waals surface area contributed by atoms with Crippen LogP contribution in [0, 0.1) is 0 Å².